The number of rotatable bonds is 5. The number of aromatic nitrogens is 3. The van der Waals surface area contributed by atoms with E-state index in [1.54, 1.807) is 12.0 Å². The van der Waals surface area contributed by atoms with E-state index in [1.807, 2.05) is 37.3 Å². The molecule has 1 atom stereocenters. The number of nitrogens with zero attached hydrogens (tertiary/aromatic N) is 4. The van der Waals surface area contributed by atoms with Gasteiger partial charge in [0, 0.05) is 36.6 Å². The second-order valence-electron chi connectivity index (χ2n) is 7.70. The van der Waals surface area contributed by atoms with Gasteiger partial charge in [-0.3, -0.25) is 9.78 Å². The molecule has 3 heterocycles. The van der Waals surface area contributed by atoms with Crippen molar-refractivity contribution in [3.8, 4) is 16.9 Å². The average molecular weight is 426 g/mol. The molecule has 0 bridgehead atoms. The van der Waals surface area contributed by atoms with Gasteiger partial charge in [0.25, 0.3) is 5.91 Å². The first-order chi connectivity index (χ1) is 14.9. The van der Waals surface area contributed by atoms with Crippen LogP contribution in [0.5, 0.6) is 5.75 Å². The van der Waals surface area contributed by atoms with Crippen molar-refractivity contribution in [2.45, 2.75) is 32.2 Å². The summed E-state index contributed by atoms with van der Waals surface area (Å²) in [7, 11) is 1.64. The highest BCUT2D eigenvalue weighted by Crippen LogP contribution is 2.31. The lowest BCUT2D eigenvalue weighted by molar-refractivity contribution is 0.0546. The lowest BCUT2D eigenvalue weighted by atomic mass is 9.92. The highest BCUT2D eigenvalue weighted by Gasteiger charge is 2.28. The number of halogens is 2. The van der Waals surface area contributed by atoms with Gasteiger partial charge in [-0.05, 0) is 61.2 Å². The van der Waals surface area contributed by atoms with Gasteiger partial charge in [0.2, 0.25) is 0 Å². The third-order valence-corrected chi connectivity index (χ3v) is 5.53. The number of carbonyl (C=O) groups is 1. The zero-order valence-corrected chi connectivity index (χ0v) is 17.5. The molecule has 1 aromatic carbocycles. The van der Waals surface area contributed by atoms with E-state index in [4.69, 9.17) is 9.72 Å². The summed E-state index contributed by atoms with van der Waals surface area (Å²) < 4.78 is 31.4. The molecule has 0 saturated carbocycles. The van der Waals surface area contributed by atoms with Crippen LogP contribution in [0.3, 0.4) is 0 Å². The van der Waals surface area contributed by atoms with Crippen LogP contribution in [-0.4, -0.2) is 45.8 Å². The maximum absolute atomic E-state index is 12.8. The third-order valence-electron chi connectivity index (χ3n) is 5.53. The number of aryl methyl sites for hydroxylation is 1. The van der Waals surface area contributed by atoms with Gasteiger partial charge in [0.15, 0.2) is 5.69 Å². The Balaban J connectivity index is 1.56. The number of likely N-dealkylation sites (tertiary alicyclic amines) is 1. The second-order valence-corrected chi connectivity index (χ2v) is 7.70. The minimum Gasteiger partial charge on any atom is -0.497 e. The molecule has 0 spiro atoms. The molecule has 8 heteroatoms. The van der Waals surface area contributed by atoms with Crippen LogP contribution in [0.2, 0.25) is 0 Å². The molecule has 1 aliphatic rings. The predicted octanol–water partition coefficient (Wildman–Crippen LogP) is 4.68. The van der Waals surface area contributed by atoms with Crippen molar-refractivity contribution in [2.75, 3.05) is 20.2 Å². The van der Waals surface area contributed by atoms with Gasteiger partial charge in [-0.2, -0.15) is 13.9 Å². The van der Waals surface area contributed by atoms with Crippen molar-refractivity contribution < 1.29 is 18.3 Å². The Morgan fingerprint density at radius 1 is 1.19 bits per heavy atom. The number of methoxy groups -OCH3 is 1. The van der Waals surface area contributed by atoms with E-state index in [2.05, 4.69) is 11.2 Å². The van der Waals surface area contributed by atoms with Gasteiger partial charge in [0.1, 0.15) is 5.75 Å². The summed E-state index contributed by atoms with van der Waals surface area (Å²) in [5, 5.41) is 3.71. The first kappa shape index (κ1) is 21.0. The smallest absolute Gasteiger partial charge is 0.333 e. The van der Waals surface area contributed by atoms with Crippen LogP contribution in [-0.2, 0) is 0 Å². The zero-order chi connectivity index (χ0) is 22.0. The van der Waals surface area contributed by atoms with Crippen molar-refractivity contribution >= 4 is 5.91 Å². The Morgan fingerprint density at radius 2 is 2.03 bits per heavy atom. The number of pyridine rings is 1. The Labute approximate surface area is 179 Å². The fourth-order valence-electron chi connectivity index (χ4n) is 4.00. The standard InChI is InChI=1S/C23H24F2N4O2/c1-15-11-18(16-5-3-7-19(12-16)31-2)13-21(26-15)17-6-4-9-28(14-17)22(30)20-8-10-29(27-20)23(24)25/h3,5,7-8,10-13,17,23H,4,6,9,14H2,1-2H3/t17-/m0/s1. The van der Waals surface area contributed by atoms with Crippen LogP contribution in [0.1, 0.15) is 47.2 Å². The molecule has 2 aromatic heterocycles. The van der Waals surface area contributed by atoms with Gasteiger partial charge in [0.05, 0.1) is 7.11 Å². The molecule has 1 saturated heterocycles. The van der Waals surface area contributed by atoms with Gasteiger partial charge in [-0.1, -0.05) is 12.1 Å². The molecular formula is C23H24F2N4O2. The monoisotopic (exact) mass is 426 g/mol. The van der Waals surface area contributed by atoms with Crippen LogP contribution < -0.4 is 4.74 Å². The summed E-state index contributed by atoms with van der Waals surface area (Å²) in [4.78, 5) is 19.2. The van der Waals surface area contributed by atoms with Crippen LogP contribution in [0, 0.1) is 6.92 Å². The number of benzene rings is 1. The Bertz CT molecular complexity index is 1080. The molecule has 0 unspecified atom stereocenters. The van der Waals surface area contributed by atoms with Crippen molar-refractivity contribution in [1.82, 2.24) is 19.7 Å². The zero-order valence-electron chi connectivity index (χ0n) is 17.5. The van der Waals surface area contributed by atoms with E-state index in [0.29, 0.717) is 17.8 Å². The fourth-order valence-corrected chi connectivity index (χ4v) is 4.00. The quantitative estimate of drug-likeness (QED) is 0.595. The maximum atomic E-state index is 12.8. The van der Waals surface area contributed by atoms with Gasteiger partial charge >= 0.3 is 6.55 Å². The van der Waals surface area contributed by atoms with Crippen LogP contribution in [0.15, 0.2) is 48.7 Å². The van der Waals surface area contributed by atoms with Crippen LogP contribution >= 0.6 is 0 Å². The van der Waals surface area contributed by atoms with Crippen molar-refractivity contribution in [3.05, 3.63) is 65.7 Å². The number of alkyl halides is 2. The highest BCUT2D eigenvalue weighted by molar-refractivity contribution is 5.92. The summed E-state index contributed by atoms with van der Waals surface area (Å²) >= 11 is 0. The molecule has 1 aliphatic heterocycles. The molecule has 4 rings (SSSR count). The van der Waals surface area contributed by atoms with Crippen molar-refractivity contribution in [3.63, 3.8) is 0 Å². The predicted molar refractivity (Wildman–Crippen MR) is 112 cm³/mol. The summed E-state index contributed by atoms with van der Waals surface area (Å²) in [5.41, 5.74) is 3.94. The first-order valence-corrected chi connectivity index (χ1v) is 10.2. The molecule has 31 heavy (non-hydrogen) atoms. The van der Waals surface area contributed by atoms with E-state index in [-0.39, 0.29) is 17.5 Å². The summed E-state index contributed by atoms with van der Waals surface area (Å²) in [5.74, 6) is 0.523. The highest BCUT2D eigenvalue weighted by atomic mass is 19.3. The second kappa shape index (κ2) is 8.83. The number of ether oxygens (including phenoxy) is 1. The molecular weight excluding hydrogens is 402 g/mol. The Hall–Kier alpha value is -3.29. The lowest BCUT2D eigenvalue weighted by Crippen LogP contribution is -2.39. The van der Waals surface area contributed by atoms with Crippen LogP contribution in [0.4, 0.5) is 8.78 Å². The summed E-state index contributed by atoms with van der Waals surface area (Å²) in [6.45, 7) is 0.248. The number of hydrogen-bond donors (Lipinski definition) is 0. The third kappa shape index (κ3) is 4.57. The van der Waals surface area contributed by atoms with E-state index < -0.39 is 6.55 Å². The Morgan fingerprint density at radius 3 is 2.77 bits per heavy atom. The summed E-state index contributed by atoms with van der Waals surface area (Å²) in [6.07, 6.45) is 2.85. The minimum atomic E-state index is -2.76. The van der Waals surface area contributed by atoms with Crippen molar-refractivity contribution in [1.29, 1.82) is 0 Å². The van der Waals surface area contributed by atoms with E-state index >= 15 is 0 Å². The van der Waals surface area contributed by atoms with Crippen molar-refractivity contribution in [2.24, 2.45) is 0 Å². The van der Waals surface area contributed by atoms with E-state index in [9.17, 15) is 13.6 Å². The van der Waals surface area contributed by atoms with Gasteiger partial charge in [-0.25, -0.2) is 4.68 Å². The first-order valence-electron chi connectivity index (χ1n) is 10.2. The maximum Gasteiger partial charge on any atom is 0.333 e. The molecule has 1 amide bonds. The molecule has 1 fully saturated rings. The molecule has 162 valence electrons. The number of amides is 1. The number of hydrogen-bond acceptors (Lipinski definition) is 4. The van der Waals surface area contributed by atoms with E-state index in [1.165, 1.54) is 6.07 Å². The SMILES string of the molecule is COc1cccc(-c2cc(C)nc([C@H]3CCCN(C(=O)c4ccn(C(F)F)n4)C3)c2)c1. The largest absolute Gasteiger partial charge is 0.497 e. The van der Waals surface area contributed by atoms with Gasteiger partial charge < -0.3 is 9.64 Å². The minimum absolute atomic E-state index is 0.0372. The molecule has 0 aliphatic carbocycles. The molecule has 6 nitrogen and oxygen atoms in total. The number of carbonyl (C=O) groups excluding carboxylic acids is 1. The average Bonchev–Trinajstić information content (AvgIpc) is 3.29. The Kier molecular flexibility index (Phi) is 5.97. The number of piperidine rings is 1. The molecule has 3 aromatic rings. The van der Waals surface area contributed by atoms with E-state index in [0.717, 1.165) is 47.3 Å². The topological polar surface area (TPSA) is 60.2 Å². The summed E-state index contributed by atoms with van der Waals surface area (Å²) in [6, 6.07) is 13.3. The lowest BCUT2D eigenvalue weighted by Gasteiger charge is -2.32. The van der Waals surface area contributed by atoms with Crippen LogP contribution in [0.25, 0.3) is 11.1 Å². The normalized spacial score (nSPS) is 16.5. The fraction of sp³-hybridized carbons (Fsp3) is 0.348. The molecule has 0 N–H and O–H groups in total. The van der Waals surface area contributed by atoms with Gasteiger partial charge in [-0.15, -0.1) is 0 Å². The molecule has 0 radical (unpaired) electrons.